The molecule has 34 heavy (non-hydrogen) atoms. The van der Waals surface area contributed by atoms with Crippen molar-refractivity contribution in [1.29, 1.82) is 0 Å². The van der Waals surface area contributed by atoms with Gasteiger partial charge in [0.1, 0.15) is 5.75 Å². The second-order valence-corrected chi connectivity index (χ2v) is 8.20. The van der Waals surface area contributed by atoms with Crippen LogP contribution in [0, 0.1) is 0 Å². The lowest BCUT2D eigenvalue weighted by Crippen LogP contribution is -2.31. The van der Waals surface area contributed by atoms with Crippen molar-refractivity contribution in [3.8, 4) is 17.0 Å². The molecular weight excluding hydrogens is 434 g/mol. The molecule has 5 rings (SSSR count). The topological polar surface area (TPSA) is 122 Å². The number of rotatable bonds is 6. The minimum Gasteiger partial charge on any atom is -0.507 e. The van der Waals surface area contributed by atoms with Crippen LogP contribution in [-0.2, 0) is 6.54 Å². The minimum absolute atomic E-state index is 0.00725. The molecule has 0 aliphatic heterocycles. The Morgan fingerprint density at radius 2 is 1.91 bits per heavy atom. The van der Waals surface area contributed by atoms with Crippen LogP contribution in [0.15, 0.2) is 71.4 Å². The highest BCUT2D eigenvalue weighted by atomic mass is 16.5. The van der Waals surface area contributed by atoms with E-state index in [1.165, 1.54) is 23.0 Å². The van der Waals surface area contributed by atoms with Crippen LogP contribution in [0.1, 0.15) is 47.0 Å². The third-order valence-corrected chi connectivity index (χ3v) is 5.93. The normalized spacial score (nSPS) is 13.3. The monoisotopic (exact) mass is 457 g/mol. The molecule has 1 saturated carbocycles. The number of aromatic nitrogens is 3. The van der Waals surface area contributed by atoms with Crippen molar-refractivity contribution in [2.24, 2.45) is 0 Å². The van der Waals surface area contributed by atoms with E-state index in [1.807, 2.05) is 36.4 Å². The maximum Gasteiger partial charge on any atom is 0.342 e. The van der Waals surface area contributed by atoms with Crippen LogP contribution in [0.2, 0.25) is 0 Å². The fourth-order valence-electron chi connectivity index (χ4n) is 3.88. The van der Waals surface area contributed by atoms with Gasteiger partial charge in [-0.05, 0) is 42.7 Å². The molecule has 1 aliphatic rings. The fraction of sp³-hybridized carbons (Fsp3) is 0.200. The molecule has 2 aromatic heterocycles. The van der Waals surface area contributed by atoms with E-state index in [4.69, 9.17) is 4.52 Å². The number of amides is 2. The maximum absolute atomic E-state index is 13.0. The Morgan fingerprint density at radius 3 is 2.62 bits per heavy atom. The van der Waals surface area contributed by atoms with Crippen molar-refractivity contribution < 1.29 is 19.2 Å². The largest absolute Gasteiger partial charge is 0.507 e. The number of hydrogen-bond donors (Lipinski definition) is 3. The van der Waals surface area contributed by atoms with Crippen molar-refractivity contribution in [3.63, 3.8) is 0 Å². The number of phenolic OH excluding ortho intramolecular Hbond substituents is 1. The van der Waals surface area contributed by atoms with E-state index in [-0.39, 0.29) is 23.5 Å². The van der Waals surface area contributed by atoms with Crippen LogP contribution in [0.5, 0.6) is 5.75 Å². The molecule has 0 spiro atoms. The first-order chi connectivity index (χ1) is 16.6. The van der Waals surface area contributed by atoms with E-state index in [1.54, 1.807) is 12.1 Å². The first-order valence-corrected chi connectivity index (χ1v) is 11.1. The lowest BCUT2D eigenvalue weighted by Gasteiger charge is -2.25. The average molecular weight is 457 g/mol. The maximum atomic E-state index is 13.0. The van der Waals surface area contributed by atoms with Crippen molar-refractivity contribution in [2.75, 3.05) is 5.32 Å². The van der Waals surface area contributed by atoms with E-state index in [9.17, 15) is 14.7 Å². The Balaban J connectivity index is 1.41. The zero-order valence-electron chi connectivity index (χ0n) is 18.3. The summed E-state index contributed by atoms with van der Waals surface area (Å²) >= 11 is 0. The summed E-state index contributed by atoms with van der Waals surface area (Å²) < 4.78 is 6.27. The summed E-state index contributed by atoms with van der Waals surface area (Å²) in [6.07, 6.45) is 4.45. The Morgan fingerprint density at radius 1 is 1.09 bits per heavy atom. The van der Waals surface area contributed by atoms with Gasteiger partial charge in [0.05, 0.1) is 17.6 Å². The molecule has 0 unspecified atom stereocenters. The second kappa shape index (κ2) is 9.22. The zero-order chi connectivity index (χ0) is 23.5. The van der Waals surface area contributed by atoms with Gasteiger partial charge in [-0.3, -0.25) is 4.79 Å². The van der Waals surface area contributed by atoms with E-state index in [2.05, 4.69) is 20.9 Å². The molecule has 2 amide bonds. The van der Waals surface area contributed by atoms with Crippen LogP contribution in [0.25, 0.3) is 11.3 Å². The summed E-state index contributed by atoms with van der Waals surface area (Å²) in [6, 6.07) is 17.3. The van der Waals surface area contributed by atoms with Gasteiger partial charge in [-0.25, -0.2) is 4.79 Å². The third-order valence-electron chi connectivity index (χ3n) is 5.93. The molecule has 3 N–H and O–H groups in total. The van der Waals surface area contributed by atoms with Gasteiger partial charge in [-0.15, -0.1) is 0 Å². The molecule has 0 radical (unpaired) electrons. The summed E-state index contributed by atoms with van der Waals surface area (Å²) in [7, 11) is 0. The van der Waals surface area contributed by atoms with Gasteiger partial charge in [0.15, 0.2) is 0 Å². The smallest absolute Gasteiger partial charge is 0.342 e. The van der Waals surface area contributed by atoms with Gasteiger partial charge in [-0.2, -0.15) is 9.78 Å². The molecule has 172 valence electrons. The van der Waals surface area contributed by atoms with Crippen LogP contribution in [0.3, 0.4) is 0 Å². The van der Waals surface area contributed by atoms with Crippen molar-refractivity contribution in [1.82, 2.24) is 20.3 Å². The zero-order valence-corrected chi connectivity index (χ0v) is 18.3. The molecule has 1 fully saturated rings. The molecule has 2 heterocycles. The lowest BCUT2D eigenvalue weighted by molar-refractivity contribution is 0.0988. The molecule has 9 nitrogen and oxygen atoms in total. The number of nitrogens with one attached hydrogen (secondary N) is 2. The lowest BCUT2D eigenvalue weighted by atomic mass is 9.82. The van der Waals surface area contributed by atoms with Crippen LogP contribution in [0.4, 0.5) is 10.5 Å². The molecule has 4 aromatic rings. The summed E-state index contributed by atoms with van der Waals surface area (Å²) in [6.45, 7) is 0.382. The van der Waals surface area contributed by atoms with Gasteiger partial charge in [0, 0.05) is 29.8 Å². The number of hydrogen-bond acceptors (Lipinski definition) is 6. The van der Waals surface area contributed by atoms with Crippen LogP contribution in [-0.4, -0.2) is 32.0 Å². The molecule has 0 saturated heterocycles. The van der Waals surface area contributed by atoms with Gasteiger partial charge in [0.25, 0.3) is 5.91 Å². The number of anilines is 1. The highest BCUT2D eigenvalue weighted by molar-refractivity contribution is 6.02. The molecule has 2 aromatic carbocycles. The Kier molecular flexibility index (Phi) is 5.82. The first-order valence-electron chi connectivity index (χ1n) is 11.1. The summed E-state index contributed by atoms with van der Waals surface area (Å²) in [5.41, 5.74) is 3.10. The van der Waals surface area contributed by atoms with Gasteiger partial charge in [0.2, 0.25) is 5.76 Å². The van der Waals surface area contributed by atoms with Crippen molar-refractivity contribution in [2.45, 2.75) is 31.7 Å². The van der Waals surface area contributed by atoms with E-state index in [0.717, 1.165) is 30.5 Å². The van der Waals surface area contributed by atoms with Crippen LogP contribution >= 0.6 is 0 Å². The van der Waals surface area contributed by atoms with E-state index < -0.39 is 5.91 Å². The number of nitrogens with zero attached hydrogens (tertiary/aromatic N) is 3. The molecule has 0 bridgehead atoms. The van der Waals surface area contributed by atoms with E-state index >= 15 is 0 Å². The SMILES string of the molecule is O=C(Nc1ccc(O)c(-c2cc(C3CCC3)n(C(=O)NCc3ccccc3)n2)c1)c1ccno1. The summed E-state index contributed by atoms with van der Waals surface area (Å²) in [5.74, 6) is -0.163. The quantitative estimate of drug-likeness (QED) is 0.366. The Bertz CT molecular complexity index is 1310. The van der Waals surface area contributed by atoms with Crippen molar-refractivity contribution >= 4 is 17.6 Å². The standard InChI is InChI=1S/C25H23N5O4/c31-22-10-9-18(28-24(32)23-11-12-27-34-23)13-19(22)20-14-21(17-7-4-8-17)30(29-20)25(33)26-15-16-5-2-1-3-6-16/h1-3,5-6,9-14,17,31H,4,7-8,15H2,(H,26,33)(H,28,32). The van der Waals surface area contributed by atoms with Gasteiger partial charge < -0.3 is 20.3 Å². The Labute approximate surface area is 195 Å². The summed E-state index contributed by atoms with van der Waals surface area (Å²) in [5, 5.41) is 24.2. The number of phenols is 1. The number of carbonyl (C=O) groups is 2. The second-order valence-electron chi connectivity index (χ2n) is 8.20. The van der Waals surface area contributed by atoms with E-state index in [0.29, 0.717) is 23.5 Å². The number of benzene rings is 2. The highest BCUT2D eigenvalue weighted by Crippen LogP contribution is 2.39. The third kappa shape index (κ3) is 4.40. The summed E-state index contributed by atoms with van der Waals surface area (Å²) in [4.78, 5) is 25.3. The average Bonchev–Trinajstić information content (AvgIpc) is 3.49. The number of carbonyl (C=O) groups excluding carboxylic acids is 2. The van der Waals surface area contributed by atoms with Crippen molar-refractivity contribution in [3.05, 3.63) is 83.9 Å². The van der Waals surface area contributed by atoms with Gasteiger partial charge >= 0.3 is 6.03 Å². The fourth-order valence-corrected chi connectivity index (χ4v) is 3.88. The highest BCUT2D eigenvalue weighted by Gasteiger charge is 2.27. The van der Waals surface area contributed by atoms with Gasteiger partial charge in [-0.1, -0.05) is 41.9 Å². The molecule has 0 atom stereocenters. The van der Waals surface area contributed by atoms with Crippen LogP contribution < -0.4 is 10.6 Å². The Hall–Kier alpha value is -4.40. The predicted molar refractivity (Wildman–Crippen MR) is 124 cm³/mol. The molecular formula is C25H23N5O4. The molecule has 1 aliphatic carbocycles. The minimum atomic E-state index is -0.463. The first kappa shape index (κ1) is 21.4. The predicted octanol–water partition coefficient (Wildman–Crippen LogP) is 4.52. The number of aromatic hydroxyl groups is 1. The molecule has 9 heteroatoms.